The number of aromatic nitrogens is 2. The van der Waals surface area contributed by atoms with E-state index in [4.69, 9.17) is 4.74 Å². The molecule has 0 aliphatic heterocycles. The zero-order valence-electron chi connectivity index (χ0n) is 15.8. The van der Waals surface area contributed by atoms with Crippen molar-refractivity contribution in [1.82, 2.24) is 10.2 Å². The van der Waals surface area contributed by atoms with Crippen molar-refractivity contribution in [3.05, 3.63) is 94.9 Å². The zero-order valence-corrected chi connectivity index (χ0v) is 15.8. The van der Waals surface area contributed by atoms with E-state index in [9.17, 15) is 14.4 Å². The number of carbonyl (C=O) groups is 2. The van der Waals surface area contributed by atoms with Gasteiger partial charge in [0, 0.05) is 11.1 Å². The Balaban J connectivity index is 1.39. The summed E-state index contributed by atoms with van der Waals surface area (Å²) in [4.78, 5) is 36.3. The number of nitrogens with one attached hydrogen (secondary N) is 2. The van der Waals surface area contributed by atoms with Crippen LogP contribution in [0.25, 0.3) is 21.9 Å². The van der Waals surface area contributed by atoms with Crippen LogP contribution in [-0.2, 0) is 9.53 Å². The number of anilines is 1. The highest BCUT2D eigenvalue weighted by molar-refractivity contribution is 6.03. The molecule has 2 N–H and O–H groups in total. The minimum absolute atomic E-state index is 0.0507. The van der Waals surface area contributed by atoms with Crippen molar-refractivity contribution in [2.24, 2.45) is 0 Å². The molecule has 0 saturated heterocycles. The number of aromatic amines is 1. The van der Waals surface area contributed by atoms with Crippen LogP contribution in [0.3, 0.4) is 0 Å². The predicted octanol–water partition coefficient (Wildman–Crippen LogP) is 3.39. The summed E-state index contributed by atoms with van der Waals surface area (Å²) in [6.07, 6.45) is 0. The number of amides is 1. The summed E-state index contributed by atoms with van der Waals surface area (Å²) < 4.78 is 5.07. The smallest absolute Gasteiger partial charge is 0.359 e. The summed E-state index contributed by atoms with van der Waals surface area (Å²) in [5.41, 5.74) is 2.23. The topological polar surface area (TPSA) is 101 Å². The fraction of sp³-hybridized carbons (Fsp3) is 0.0435. The predicted molar refractivity (Wildman–Crippen MR) is 113 cm³/mol. The molecule has 0 bridgehead atoms. The number of ether oxygens (including phenoxy) is 1. The van der Waals surface area contributed by atoms with E-state index in [1.165, 1.54) is 0 Å². The highest BCUT2D eigenvalue weighted by Crippen LogP contribution is 2.21. The molecule has 1 aromatic heterocycles. The lowest BCUT2D eigenvalue weighted by Gasteiger charge is -2.08. The molecule has 0 aliphatic rings. The van der Waals surface area contributed by atoms with Crippen molar-refractivity contribution in [3.8, 4) is 11.1 Å². The fourth-order valence-corrected chi connectivity index (χ4v) is 3.04. The molecule has 0 saturated carbocycles. The van der Waals surface area contributed by atoms with E-state index in [2.05, 4.69) is 15.5 Å². The number of hydrogen-bond donors (Lipinski definition) is 2. The van der Waals surface area contributed by atoms with Crippen molar-refractivity contribution < 1.29 is 14.3 Å². The number of nitrogens with zero attached hydrogens (tertiary/aromatic N) is 1. The van der Waals surface area contributed by atoms with Crippen LogP contribution in [0.5, 0.6) is 0 Å². The van der Waals surface area contributed by atoms with E-state index >= 15 is 0 Å². The Hall–Kier alpha value is -4.26. The number of benzene rings is 3. The second-order valence-electron chi connectivity index (χ2n) is 6.51. The molecule has 0 atom stereocenters. The minimum atomic E-state index is -0.794. The average molecular weight is 399 g/mol. The van der Waals surface area contributed by atoms with E-state index < -0.39 is 24.0 Å². The first-order valence-electron chi connectivity index (χ1n) is 9.22. The standard InChI is InChI=1S/C23H17N3O4/c27-20(24-17-12-10-16(11-13-17)15-6-2-1-3-7-15)14-30-23(29)21-18-8-4-5-9-19(18)22(28)26-25-21/h1-13H,14H2,(H,24,27)(H,26,28). The summed E-state index contributed by atoms with van der Waals surface area (Å²) in [7, 11) is 0. The lowest BCUT2D eigenvalue weighted by molar-refractivity contribution is -0.119. The van der Waals surface area contributed by atoms with Crippen molar-refractivity contribution >= 4 is 28.3 Å². The monoisotopic (exact) mass is 399 g/mol. The van der Waals surface area contributed by atoms with Crippen molar-refractivity contribution in [2.75, 3.05) is 11.9 Å². The highest BCUT2D eigenvalue weighted by Gasteiger charge is 2.16. The van der Waals surface area contributed by atoms with Gasteiger partial charge in [0.2, 0.25) is 0 Å². The first-order chi connectivity index (χ1) is 14.6. The molecule has 4 rings (SSSR count). The second-order valence-corrected chi connectivity index (χ2v) is 6.51. The first-order valence-corrected chi connectivity index (χ1v) is 9.22. The molecular formula is C23H17N3O4. The third-order valence-electron chi connectivity index (χ3n) is 4.50. The fourth-order valence-electron chi connectivity index (χ4n) is 3.04. The Morgan fingerprint density at radius 3 is 2.20 bits per heavy atom. The maximum atomic E-state index is 12.3. The van der Waals surface area contributed by atoms with E-state index in [1.54, 1.807) is 36.4 Å². The number of fused-ring (bicyclic) bond motifs is 1. The quantitative estimate of drug-likeness (QED) is 0.501. The summed E-state index contributed by atoms with van der Waals surface area (Å²) in [5, 5.41) is 9.39. The summed E-state index contributed by atoms with van der Waals surface area (Å²) >= 11 is 0. The van der Waals surface area contributed by atoms with Crippen LogP contribution >= 0.6 is 0 Å². The van der Waals surface area contributed by atoms with Crippen LogP contribution in [0.2, 0.25) is 0 Å². The van der Waals surface area contributed by atoms with Gasteiger partial charge in [-0.25, -0.2) is 9.89 Å². The van der Waals surface area contributed by atoms with Crippen LogP contribution in [0.4, 0.5) is 5.69 Å². The van der Waals surface area contributed by atoms with Gasteiger partial charge in [-0.05, 0) is 29.3 Å². The van der Waals surface area contributed by atoms with E-state index in [1.807, 2.05) is 42.5 Å². The molecule has 148 valence electrons. The Morgan fingerprint density at radius 1 is 0.833 bits per heavy atom. The van der Waals surface area contributed by atoms with Crippen molar-refractivity contribution in [3.63, 3.8) is 0 Å². The summed E-state index contributed by atoms with van der Waals surface area (Å²) in [6, 6.07) is 23.8. The molecule has 0 aliphatic carbocycles. The normalized spacial score (nSPS) is 10.5. The van der Waals surface area contributed by atoms with Crippen molar-refractivity contribution in [2.45, 2.75) is 0 Å². The lowest BCUT2D eigenvalue weighted by Crippen LogP contribution is -2.22. The van der Waals surface area contributed by atoms with Crippen LogP contribution in [0, 0.1) is 0 Å². The third kappa shape index (κ3) is 4.10. The Bertz CT molecular complexity index is 1270. The molecule has 7 heteroatoms. The molecule has 1 amide bonds. The largest absolute Gasteiger partial charge is 0.451 e. The summed E-state index contributed by atoms with van der Waals surface area (Å²) in [6.45, 7) is -0.478. The van der Waals surface area contributed by atoms with Gasteiger partial charge in [-0.3, -0.25) is 9.59 Å². The van der Waals surface area contributed by atoms with E-state index in [0.29, 0.717) is 16.5 Å². The van der Waals surface area contributed by atoms with Crippen LogP contribution in [0.1, 0.15) is 10.5 Å². The maximum absolute atomic E-state index is 12.3. The molecule has 7 nitrogen and oxygen atoms in total. The molecule has 0 radical (unpaired) electrons. The van der Waals surface area contributed by atoms with Gasteiger partial charge < -0.3 is 10.1 Å². The average Bonchev–Trinajstić information content (AvgIpc) is 2.79. The maximum Gasteiger partial charge on any atom is 0.359 e. The molecular weight excluding hydrogens is 382 g/mol. The first kappa shape index (κ1) is 19.1. The molecule has 0 fully saturated rings. The van der Waals surface area contributed by atoms with Crippen molar-refractivity contribution in [1.29, 1.82) is 0 Å². The lowest BCUT2D eigenvalue weighted by atomic mass is 10.1. The van der Waals surface area contributed by atoms with Gasteiger partial charge in [-0.2, -0.15) is 5.10 Å². The third-order valence-corrected chi connectivity index (χ3v) is 4.50. The number of rotatable bonds is 5. The van der Waals surface area contributed by atoms with E-state index in [-0.39, 0.29) is 5.69 Å². The molecule has 3 aromatic carbocycles. The van der Waals surface area contributed by atoms with Gasteiger partial charge in [0.25, 0.3) is 11.5 Å². The second kappa shape index (κ2) is 8.40. The zero-order chi connectivity index (χ0) is 20.9. The minimum Gasteiger partial charge on any atom is -0.451 e. The Labute approximate surface area is 171 Å². The van der Waals surface area contributed by atoms with E-state index in [0.717, 1.165) is 11.1 Å². The molecule has 0 unspecified atom stereocenters. The summed E-state index contributed by atoms with van der Waals surface area (Å²) in [5.74, 6) is -1.28. The molecule has 4 aromatic rings. The van der Waals surface area contributed by atoms with Gasteiger partial charge in [0.15, 0.2) is 12.3 Å². The number of H-pyrrole nitrogens is 1. The Kier molecular flexibility index (Phi) is 5.34. The number of carbonyl (C=O) groups excluding carboxylic acids is 2. The van der Waals surface area contributed by atoms with Crippen LogP contribution in [-0.4, -0.2) is 28.7 Å². The number of hydrogen-bond acceptors (Lipinski definition) is 5. The Morgan fingerprint density at radius 2 is 1.47 bits per heavy atom. The molecule has 0 spiro atoms. The van der Waals surface area contributed by atoms with Gasteiger partial charge >= 0.3 is 5.97 Å². The molecule has 30 heavy (non-hydrogen) atoms. The van der Waals surface area contributed by atoms with Gasteiger partial charge in [-0.15, -0.1) is 0 Å². The highest BCUT2D eigenvalue weighted by atomic mass is 16.5. The molecule has 1 heterocycles. The van der Waals surface area contributed by atoms with Crippen LogP contribution < -0.4 is 10.9 Å². The van der Waals surface area contributed by atoms with Crippen LogP contribution in [0.15, 0.2) is 83.7 Å². The van der Waals surface area contributed by atoms with Gasteiger partial charge in [0.1, 0.15) is 0 Å². The number of esters is 1. The van der Waals surface area contributed by atoms with Gasteiger partial charge in [-0.1, -0.05) is 60.7 Å². The van der Waals surface area contributed by atoms with Gasteiger partial charge in [0.05, 0.1) is 5.39 Å². The SMILES string of the molecule is O=C(COC(=O)c1n[nH]c(=O)c2ccccc12)Nc1ccc(-c2ccccc2)cc1.